The van der Waals surface area contributed by atoms with Crippen LogP contribution in [0.4, 0.5) is 0 Å². The molecule has 0 aliphatic rings. The minimum absolute atomic E-state index is 0.00143. The van der Waals surface area contributed by atoms with Crippen LogP contribution >= 0.6 is 0 Å². The average molecular weight is 405 g/mol. The Balaban J connectivity index is 1.69. The van der Waals surface area contributed by atoms with Crippen LogP contribution in [0.5, 0.6) is 0 Å². The second-order valence-electron chi connectivity index (χ2n) is 7.88. The van der Waals surface area contributed by atoms with E-state index in [2.05, 4.69) is 13.0 Å². The van der Waals surface area contributed by atoms with Crippen molar-refractivity contribution in [2.24, 2.45) is 0 Å². The van der Waals surface area contributed by atoms with Crippen molar-refractivity contribution in [3.05, 3.63) is 42.0 Å². The summed E-state index contributed by atoms with van der Waals surface area (Å²) in [6.45, 7) is 2.26. The lowest BCUT2D eigenvalue weighted by molar-refractivity contribution is 0.484. The Morgan fingerprint density at radius 1 is 0.679 bits per heavy atom. The van der Waals surface area contributed by atoms with Gasteiger partial charge in [0.25, 0.3) is 10.1 Å². The zero-order chi connectivity index (χ0) is 20.2. The van der Waals surface area contributed by atoms with Crippen molar-refractivity contribution < 1.29 is 13.0 Å². The van der Waals surface area contributed by atoms with Crippen molar-refractivity contribution in [3.8, 4) is 0 Å². The van der Waals surface area contributed by atoms with Crippen LogP contribution < -0.4 is 0 Å². The molecule has 2 aromatic rings. The molecular weight excluding hydrogens is 368 g/mol. The van der Waals surface area contributed by atoms with Crippen LogP contribution in [0.25, 0.3) is 10.8 Å². The van der Waals surface area contributed by atoms with Crippen LogP contribution in [0.3, 0.4) is 0 Å². The zero-order valence-electron chi connectivity index (χ0n) is 17.3. The molecule has 0 unspecified atom stereocenters. The Kier molecular flexibility index (Phi) is 10.0. The molecule has 0 aliphatic heterocycles. The largest absolute Gasteiger partial charge is 0.295 e. The summed E-state index contributed by atoms with van der Waals surface area (Å²) in [5, 5.41) is 1.54. The maximum atomic E-state index is 11.6. The highest BCUT2D eigenvalue weighted by Crippen LogP contribution is 2.27. The Bertz CT molecular complexity index is 812. The number of hydrogen-bond donors (Lipinski definition) is 1. The van der Waals surface area contributed by atoms with Crippen LogP contribution in [0.1, 0.15) is 89.5 Å². The second-order valence-corrected chi connectivity index (χ2v) is 9.27. The van der Waals surface area contributed by atoms with Gasteiger partial charge in [0.05, 0.1) is 0 Å². The monoisotopic (exact) mass is 404 g/mol. The van der Waals surface area contributed by atoms with E-state index in [-0.39, 0.29) is 4.90 Å². The van der Waals surface area contributed by atoms with Crippen molar-refractivity contribution in [3.63, 3.8) is 0 Å². The SMILES string of the molecule is CCCCCCCCCCCCCCc1cccc2c(S(=O)(=O)O)cccc12. The molecule has 156 valence electrons. The summed E-state index contributed by atoms with van der Waals surface area (Å²) < 4.78 is 32.6. The van der Waals surface area contributed by atoms with E-state index < -0.39 is 10.1 Å². The van der Waals surface area contributed by atoms with E-state index in [0.717, 1.165) is 23.8 Å². The fourth-order valence-corrected chi connectivity index (χ4v) is 4.65. The number of aryl methyl sites for hydroxylation is 1. The quantitative estimate of drug-likeness (QED) is 0.265. The third-order valence-corrected chi connectivity index (χ3v) is 6.46. The van der Waals surface area contributed by atoms with Gasteiger partial charge in [0.1, 0.15) is 4.90 Å². The maximum absolute atomic E-state index is 11.6. The van der Waals surface area contributed by atoms with Gasteiger partial charge in [-0.3, -0.25) is 4.55 Å². The minimum atomic E-state index is -4.19. The number of fused-ring (bicyclic) bond motifs is 1. The highest BCUT2D eigenvalue weighted by Gasteiger charge is 2.14. The van der Waals surface area contributed by atoms with Gasteiger partial charge in [-0.2, -0.15) is 8.42 Å². The van der Waals surface area contributed by atoms with E-state index in [1.807, 2.05) is 12.1 Å². The second kappa shape index (κ2) is 12.2. The van der Waals surface area contributed by atoms with Crippen molar-refractivity contribution in [1.82, 2.24) is 0 Å². The molecule has 28 heavy (non-hydrogen) atoms. The molecule has 0 atom stereocenters. The van der Waals surface area contributed by atoms with Crippen LogP contribution in [-0.4, -0.2) is 13.0 Å². The van der Waals surface area contributed by atoms with Gasteiger partial charge >= 0.3 is 0 Å². The third-order valence-electron chi connectivity index (χ3n) is 5.55. The van der Waals surface area contributed by atoms with Gasteiger partial charge in [-0.15, -0.1) is 0 Å². The Morgan fingerprint density at radius 2 is 1.18 bits per heavy atom. The molecule has 0 bridgehead atoms. The van der Waals surface area contributed by atoms with Crippen molar-refractivity contribution in [2.45, 2.75) is 95.3 Å². The summed E-state index contributed by atoms with van der Waals surface area (Å²) in [5.41, 5.74) is 1.16. The molecule has 0 aromatic heterocycles. The van der Waals surface area contributed by atoms with Crippen molar-refractivity contribution >= 4 is 20.9 Å². The van der Waals surface area contributed by atoms with E-state index in [1.165, 1.54) is 76.7 Å². The fourth-order valence-electron chi connectivity index (χ4n) is 3.95. The van der Waals surface area contributed by atoms with Gasteiger partial charge in [-0.25, -0.2) is 0 Å². The summed E-state index contributed by atoms with van der Waals surface area (Å²) in [7, 11) is -4.19. The van der Waals surface area contributed by atoms with Crippen molar-refractivity contribution in [1.29, 1.82) is 0 Å². The van der Waals surface area contributed by atoms with Gasteiger partial charge in [0, 0.05) is 5.39 Å². The first-order valence-electron chi connectivity index (χ1n) is 11.0. The van der Waals surface area contributed by atoms with E-state index in [1.54, 1.807) is 12.1 Å². The molecule has 0 spiro atoms. The molecule has 0 saturated carbocycles. The number of unbranched alkanes of at least 4 members (excludes halogenated alkanes) is 11. The predicted octanol–water partition coefficient (Wildman–Crippen LogP) is 7.33. The summed E-state index contributed by atoms with van der Waals surface area (Å²) in [4.78, 5) is 0.00143. The molecule has 0 radical (unpaired) electrons. The lowest BCUT2D eigenvalue weighted by Gasteiger charge is -2.09. The minimum Gasteiger partial charge on any atom is -0.282 e. The third kappa shape index (κ3) is 7.56. The van der Waals surface area contributed by atoms with Gasteiger partial charge in [0.2, 0.25) is 0 Å². The van der Waals surface area contributed by atoms with Gasteiger partial charge in [-0.05, 0) is 29.9 Å². The molecule has 0 heterocycles. The van der Waals surface area contributed by atoms with E-state index >= 15 is 0 Å². The molecule has 0 saturated heterocycles. The van der Waals surface area contributed by atoms with Gasteiger partial charge in [0.15, 0.2) is 0 Å². The first-order valence-corrected chi connectivity index (χ1v) is 12.5. The topological polar surface area (TPSA) is 54.4 Å². The summed E-state index contributed by atoms with van der Waals surface area (Å²) >= 11 is 0. The molecule has 3 nitrogen and oxygen atoms in total. The molecule has 2 aromatic carbocycles. The predicted molar refractivity (Wildman–Crippen MR) is 119 cm³/mol. The maximum Gasteiger partial charge on any atom is 0.295 e. The number of rotatable bonds is 14. The summed E-state index contributed by atoms with van der Waals surface area (Å²) in [5.74, 6) is 0. The number of benzene rings is 2. The Hall–Kier alpha value is -1.39. The van der Waals surface area contributed by atoms with Crippen LogP contribution in [0, 0.1) is 0 Å². The smallest absolute Gasteiger partial charge is 0.282 e. The lowest BCUT2D eigenvalue weighted by Crippen LogP contribution is -1.99. The van der Waals surface area contributed by atoms with Crippen LogP contribution in [0.15, 0.2) is 41.3 Å². The average Bonchev–Trinajstić information content (AvgIpc) is 2.67. The standard InChI is InChI=1S/C24H36O3S/c1-2-3-4-5-6-7-8-9-10-11-12-13-16-21-17-14-19-23-22(21)18-15-20-24(23)28(25,26)27/h14-15,17-20H,2-13,16H2,1H3,(H,25,26,27). The van der Waals surface area contributed by atoms with Gasteiger partial charge < -0.3 is 0 Å². The van der Waals surface area contributed by atoms with Crippen molar-refractivity contribution in [2.75, 3.05) is 0 Å². The van der Waals surface area contributed by atoms with Gasteiger partial charge in [-0.1, -0.05) is 108 Å². The molecule has 0 fully saturated rings. The first-order chi connectivity index (χ1) is 13.5. The number of hydrogen-bond acceptors (Lipinski definition) is 2. The molecule has 2 rings (SSSR count). The molecular formula is C24H36O3S. The highest BCUT2D eigenvalue weighted by atomic mass is 32.2. The van der Waals surface area contributed by atoms with E-state index in [0.29, 0.717) is 5.39 Å². The molecule has 1 N–H and O–H groups in total. The summed E-state index contributed by atoms with van der Waals surface area (Å²) in [6.07, 6.45) is 16.9. The Labute approximate surface area is 171 Å². The molecule has 0 aliphatic carbocycles. The molecule has 0 amide bonds. The van der Waals surface area contributed by atoms with E-state index in [9.17, 15) is 13.0 Å². The lowest BCUT2D eigenvalue weighted by atomic mass is 9.99. The first kappa shape index (κ1) is 22.9. The highest BCUT2D eigenvalue weighted by molar-refractivity contribution is 7.86. The zero-order valence-corrected chi connectivity index (χ0v) is 18.1. The normalized spacial score (nSPS) is 11.9. The molecule has 4 heteroatoms. The van der Waals surface area contributed by atoms with E-state index in [4.69, 9.17) is 0 Å². The van der Waals surface area contributed by atoms with Crippen LogP contribution in [-0.2, 0) is 16.5 Å². The summed E-state index contributed by atoms with van der Waals surface area (Å²) in [6, 6.07) is 10.8. The fraction of sp³-hybridized carbons (Fsp3) is 0.583. The Morgan fingerprint density at radius 3 is 1.75 bits per heavy atom. The van der Waals surface area contributed by atoms with Crippen LogP contribution in [0.2, 0.25) is 0 Å².